The van der Waals surface area contributed by atoms with Crippen LogP contribution in [0.15, 0.2) is 18.2 Å². The number of carbonyl (C=O) groups is 3. The molecule has 0 spiro atoms. The number of primary amides is 1. The van der Waals surface area contributed by atoms with Gasteiger partial charge in [-0.25, -0.2) is 0 Å². The Bertz CT molecular complexity index is 702. The van der Waals surface area contributed by atoms with Crippen molar-refractivity contribution in [3.63, 3.8) is 0 Å². The summed E-state index contributed by atoms with van der Waals surface area (Å²) in [6, 6.07) is 4.58. The minimum absolute atomic E-state index is 0.00801. The second-order valence-corrected chi connectivity index (χ2v) is 4.05. The van der Waals surface area contributed by atoms with E-state index in [9.17, 15) is 14.4 Å². The number of aliphatic carboxylic acids is 1. The van der Waals surface area contributed by atoms with Crippen LogP contribution in [0.4, 0.5) is 0 Å². The lowest BCUT2D eigenvalue weighted by molar-refractivity contribution is -0.137. The first-order valence-corrected chi connectivity index (χ1v) is 5.43. The van der Waals surface area contributed by atoms with Crippen molar-refractivity contribution in [3.8, 4) is 0 Å². The van der Waals surface area contributed by atoms with Gasteiger partial charge in [0.2, 0.25) is 0 Å². The highest BCUT2D eigenvalue weighted by molar-refractivity contribution is 6.06. The molecule has 0 bridgehead atoms. The summed E-state index contributed by atoms with van der Waals surface area (Å²) >= 11 is 0. The highest BCUT2D eigenvalue weighted by atomic mass is 16.4. The number of nitrogens with two attached hydrogens (primary N) is 1. The first-order chi connectivity index (χ1) is 8.90. The zero-order valence-corrected chi connectivity index (χ0v) is 10.1. The van der Waals surface area contributed by atoms with Gasteiger partial charge < -0.3 is 10.8 Å². The zero-order valence-electron chi connectivity index (χ0n) is 10.1. The SMILES string of the molecule is CC(=O)c1ccc2c(C(N)=O)nn(CC(=O)O)c2c1. The molecule has 7 nitrogen and oxygen atoms in total. The van der Waals surface area contributed by atoms with E-state index in [4.69, 9.17) is 10.8 Å². The Morgan fingerprint density at radius 3 is 2.58 bits per heavy atom. The topological polar surface area (TPSA) is 115 Å². The Hall–Kier alpha value is -2.70. The summed E-state index contributed by atoms with van der Waals surface area (Å²) in [6.07, 6.45) is 0. The molecule has 7 heteroatoms. The van der Waals surface area contributed by atoms with E-state index in [-0.39, 0.29) is 11.5 Å². The molecule has 2 rings (SSSR count). The summed E-state index contributed by atoms with van der Waals surface area (Å²) in [5.41, 5.74) is 5.99. The van der Waals surface area contributed by atoms with E-state index < -0.39 is 18.4 Å². The Morgan fingerprint density at radius 1 is 1.37 bits per heavy atom. The molecule has 3 N–H and O–H groups in total. The highest BCUT2D eigenvalue weighted by Gasteiger charge is 2.17. The van der Waals surface area contributed by atoms with Gasteiger partial charge in [0.25, 0.3) is 5.91 Å². The minimum atomic E-state index is -1.10. The number of carboxylic acid groups (broad SMARTS) is 1. The number of aromatic nitrogens is 2. The molecule has 0 saturated heterocycles. The molecule has 1 amide bonds. The molecular weight excluding hydrogens is 250 g/mol. The lowest BCUT2D eigenvalue weighted by atomic mass is 10.1. The molecule has 98 valence electrons. The number of amides is 1. The number of carboxylic acids is 1. The van der Waals surface area contributed by atoms with E-state index in [1.54, 1.807) is 6.07 Å². The average molecular weight is 261 g/mol. The van der Waals surface area contributed by atoms with Crippen LogP contribution in [0.5, 0.6) is 0 Å². The van der Waals surface area contributed by atoms with Crippen molar-refractivity contribution in [2.75, 3.05) is 0 Å². The number of nitrogens with zero attached hydrogens (tertiary/aromatic N) is 2. The van der Waals surface area contributed by atoms with Crippen LogP contribution in [0.2, 0.25) is 0 Å². The Balaban J connectivity index is 2.72. The van der Waals surface area contributed by atoms with Gasteiger partial charge in [0.15, 0.2) is 11.5 Å². The van der Waals surface area contributed by atoms with Crippen LogP contribution < -0.4 is 5.73 Å². The van der Waals surface area contributed by atoms with Crippen molar-refractivity contribution < 1.29 is 19.5 Å². The summed E-state index contributed by atoms with van der Waals surface area (Å²) in [5.74, 6) is -2.01. The van der Waals surface area contributed by atoms with Gasteiger partial charge >= 0.3 is 5.97 Å². The molecule has 0 unspecified atom stereocenters. The quantitative estimate of drug-likeness (QED) is 0.774. The van der Waals surface area contributed by atoms with Gasteiger partial charge in [-0.2, -0.15) is 5.10 Å². The molecule has 0 aliphatic rings. The van der Waals surface area contributed by atoms with Gasteiger partial charge in [-0.1, -0.05) is 6.07 Å². The maximum Gasteiger partial charge on any atom is 0.325 e. The molecule has 0 aliphatic heterocycles. The van der Waals surface area contributed by atoms with Crippen molar-refractivity contribution in [2.45, 2.75) is 13.5 Å². The highest BCUT2D eigenvalue weighted by Crippen LogP contribution is 2.20. The molecule has 1 aromatic carbocycles. The number of benzene rings is 1. The van der Waals surface area contributed by atoms with Gasteiger partial charge in [-0.05, 0) is 19.1 Å². The van der Waals surface area contributed by atoms with Crippen molar-refractivity contribution in [1.82, 2.24) is 9.78 Å². The predicted octanol–water partition coefficient (Wildman–Crippen LogP) is 0.422. The number of carbonyl (C=O) groups excluding carboxylic acids is 2. The van der Waals surface area contributed by atoms with E-state index in [1.165, 1.54) is 19.1 Å². The number of fused-ring (bicyclic) bond motifs is 1. The van der Waals surface area contributed by atoms with Gasteiger partial charge in [-0.3, -0.25) is 19.1 Å². The molecule has 2 aromatic rings. The average Bonchev–Trinajstić information content (AvgIpc) is 2.67. The fourth-order valence-electron chi connectivity index (χ4n) is 1.82. The third-order valence-corrected chi connectivity index (χ3v) is 2.68. The number of rotatable bonds is 4. The molecule has 19 heavy (non-hydrogen) atoms. The van der Waals surface area contributed by atoms with Crippen molar-refractivity contribution in [3.05, 3.63) is 29.5 Å². The Kier molecular flexibility index (Phi) is 3.04. The summed E-state index contributed by atoms with van der Waals surface area (Å²) < 4.78 is 1.14. The fraction of sp³-hybridized carbons (Fsp3) is 0.167. The van der Waals surface area contributed by atoms with Crippen LogP contribution in [0, 0.1) is 0 Å². The van der Waals surface area contributed by atoms with E-state index >= 15 is 0 Å². The summed E-state index contributed by atoms with van der Waals surface area (Å²) in [5, 5.41) is 13.1. The van der Waals surface area contributed by atoms with Crippen molar-refractivity contribution >= 4 is 28.6 Å². The maximum absolute atomic E-state index is 11.3. The maximum atomic E-state index is 11.3. The molecule has 0 saturated carbocycles. The summed E-state index contributed by atoms with van der Waals surface area (Å²) in [7, 11) is 0. The lowest BCUT2D eigenvalue weighted by Gasteiger charge is -2.00. The van der Waals surface area contributed by atoms with Crippen molar-refractivity contribution in [1.29, 1.82) is 0 Å². The number of hydrogen-bond acceptors (Lipinski definition) is 4. The van der Waals surface area contributed by atoms with E-state index in [0.29, 0.717) is 16.5 Å². The van der Waals surface area contributed by atoms with Crippen LogP contribution in [0.25, 0.3) is 10.9 Å². The standard InChI is InChI=1S/C12H11N3O4/c1-6(16)7-2-3-8-9(4-7)15(5-10(17)18)14-11(8)12(13)19/h2-4H,5H2,1H3,(H2,13,19)(H,17,18). The second-order valence-electron chi connectivity index (χ2n) is 4.05. The molecule has 0 radical (unpaired) electrons. The summed E-state index contributed by atoms with van der Waals surface area (Å²) in [6.45, 7) is 0.985. The van der Waals surface area contributed by atoms with E-state index in [0.717, 1.165) is 4.68 Å². The summed E-state index contributed by atoms with van der Waals surface area (Å²) in [4.78, 5) is 33.4. The number of Topliss-reactive ketones (excluding diaryl/α,β-unsaturated/α-hetero) is 1. The molecule has 1 heterocycles. The smallest absolute Gasteiger partial charge is 0.325 e. The fourth-order valence-corrected chi connectivity index (χ4v) is 1.82. The van der Waals surface area contributed by atoms with E-state index in [1.807, 2.05) is 0 Å². The molecule has 0 fully saturated rings. The predicted molar refractivity (Wildman–Crippen MR) is 65.9 cm³/mol. The van der Waals surface area contributed by atoms with Gasteiger partial charge in [-0.15, -0.1) is 0 Å². The lowest BCUT2D eigenvalue weighted by Crippen LogP contribution is -2.14. The zero-order chi connectivity index (χ0) is 14.2. The first kappa shape index (κ1) is 12.7. The Labute approximate surface area is 107 Å². The number of hydrogen-bond donors (Lipinski definition) is 2. The molecule has 0 atom stereocenters. The van der Waals surface area contributed by atoms with Crippen LogP contribution in [0.3, 0.4) is 0 Å². The normalized spacial score (nSPS) is 10.6. The molecule has 0 aliphatic carbocycles. The van der Waals surface area contributed by atoms with Gasteiger partial charge in [0, 0.05) is 10.9 Å². The van der Waals surface area contributed by atoms with Crippen LogP contribution in [-0.2, 0) is 11.3 Å². The van der Waals surface area contributed by atoms with Crippen LogP contribution in [0.1, 0.15) is 27.8 Å². The molecular formula is C12H11N3O4. The number of ketones is 1. The monoisotopic (exact) mass is 261 g/mol. The van der Waals surface area contributed by atoms with Crippen molar-refractivity contribution in [2.24, 2.45) is 5.73 Å². The van der Waals surface area contributed by atoms with Gasteiger partial charge in [0.1, 0.15) is 6.54 Å². The second kappa shape index (κ2) is 4.52. The largest absolute Gasteiger partial charge is 0.480 e. The minimum Gasteiger partial charge on any atom is -0.480 e. The van der Waals surface area contributed by atoms with Crippen LogP contribution in [-0.4, -0.2) is 32.5 Å². The molecule has 1 aromatic heterocycles. The third-order valence-electron chi connectivity index (χ3n) is 2.68. The Morgan fingerprint density at radius 2 is 2.05 bits per heavy atom. The third kappa shape index (κ3) is 2.30. The van der Waals surface area contributed by atoms with Crippen LogP contribution >= 0.6 is 0 Å². The first-order valence-electron chi connectivity index (χ1n) is 5.43. The van der Waals surface area contributed by atoms with E-state index in [2.05, 4.69) is 5.10 Å². The van der Waals surface area contributed by atoms with Gasteiger partial charge in [0.05, 0.1) is 5.52 Å².